The molecule has 0 spiro atoms. The summed E-state index contributed by atoms with van der Waals surface area (Å²) >= 11 is 0. The molecule has 1 fully saturated rings. The van der Waals surface area contributed by atoms with Crippen LogP contribution in [0.3, 0.4) is 0 Å². The third-order valence-corrected chi connectivity index (χ3v) is 4.17. The molecule has 0 radical (unpaired) electrons. The topological polar surface area (TPSA) is 18.5 Å². The quantitative estimate of drug-likeness (QED) is 0.751. The first-order valence-corrected chi connectivity index (χ1v) is 8.07. The predicted molar refractivity (Wildman–Crippen MR) is 91.8 cm³/mol. The van der Waals surface area contributed by atoms with E-state index in [9.17, 15) is 0 Å². The largest absolute Gasteiger partial charge is 0.493 e. The van der Waals surface area contributed by atoms with Crippen LogP contribution in [0.25, 0.3) is 0 Å². The highest BCUT2D eigenvalue weighted by Gasteiger charge is 2.14. The molecule has 0 amide bonds. The first kappa shape index (κ1) is 16.4. The van der Waals surface area contributed by atoms with E-state index in [4.69, 9.17) is 9.47 Å². The Kier molecular flexibility index (Phi) is 6.82. The highest BCUT2D eigenvalue weighted by molar-refractivity contribution is 5.39. The van der Waals surface area contributed by atoms with Crippen LogP contribution in [0.4, 0.5) is 0 Å². The van der Waals surface area contributed by atoms with Gasteiger partial charge in [0.15, 0.2) is 11.5 Å². The minimum Gasteiger partial charge on any atom is -0.493 e. The van der Waals surface area contributed by atoms with Gasteiger partial charge < -0.3 is 9.47 Å². The van der Waals surface area contributed by atoms with Gasteiger partial charge in [-0.25, -0.2) is 0 Å². The molecule has 0 aromatic heterocycles. The van der Waals surface area contributed by atoms with Gasteiger partial charge in [-0.2, -0.15) is 0 Å². The van der Waals surface area contributed by atoms with Gasteiger partial charge in [-0.15, -0.1) is 0 Å². The Morgan fingerprint density at radius 3 is 1.68 bits per heavy atom. The van der Waals surface area contributed by atoms with Crippen molar-refractivity contribution < 1.29 is 9.47 Å². The van der Waals surface area contributed by atoms with Gasteiger partial charge in [0.25, 0.3) is 0 Å². The Labute approximate surface area is 134 Å². The van der Waals surface area contributed by atoms with E-state index in [0.29, 0.717) is 0 Å². The Morgan fingerprint density at radius 2 is 1.18 bits per heavy atom. The van der Waals surface area contributed by atoms with E-state index < -0.39 is 0 Å². The summed E-state index contributed by atoms with van der Waals surface area (Å²) in [6.45, 7) is 0. The van der Waals surface area contributed by atoms with E-state index in [0.717, 1.165) is 17.4 Å². The maximum atomic E-state index is 5.01. The molecule has 2 aromatic rings. The van der Waals surface area contributed by atoms with Gasteiger partial charge >= 0.3 is 0 Å². The van der Waals surface area contributed by atoms with Crippen molar-refractivity contribution in [3.8, 4) is 11.5 Å². The number of rotatable bonds is 3. The van der Waals surface area contributed by atoms with Gasteiger partial charge in [0.1, 0.15) is 0 Å². The van der Waals surface area contributed by atoms with Crippen molar-refractivity contribution in [3.05, 3.63) is 60.2 Å². The zero-order valence-electron chi connectivity index (χ0n) is 13.6. The van der Waals surface area contributed by atoms with E-state index in [-0.39, 0.29) is 0 Å². The molecular formula is C20H26O2. The summed E-state index contributed by atoms with van der Waals surface area (Å²) in [5.74, 6) is 2.40. The van der Waals surface area contributed by atoms with E-state index >= 15 is 0 Å². The second-order valence-corrected chi connectivity index (χ2v) is 5.60. The second-order valence-electron chi connectivity index (χ2n) is 5.60. The fourth-order valence-electron chi connectivity index (χ4n) is 2.95. The van der Waals surface area contributed by atoms with Crippen molar-refractivity contribution in [3.63, 3.8) is 0 Å². The third-order valence-electron chi connectivity index (χ3n) is 4.17. The average Bonchev–Trinajstić information content (AvgIpc) is 2.63. The zero-order chi connectivity index (χ0) is 15.6. The predicted octanol–water partition coefficient (Wildman–Crippen LogP) is 5.44. The molecule has 3 rings (SSSR count). The molecule has 0 atom stereocenters. The van der Waals surface area contributed by atoms with E-state index in [2.05, 4.69) is 30.3 Å². The second kappa shape index (κ2) is 9.14. The van der Waals surface area contributed by atoms with Crippen LogP contribution >= 0.6 is 0 Å². The van der Waals surface area contributed by atoms with Gasteiger partial charge in [0.2, 0.25) is 0 Å². The molecule has 1 aliphatic rings. The summed E-state index contributed by atoms with van der Waals surface area (Å²) in [6.07, 6.45) is 7.12. The summed E-state index contributed by atoms with van der Waals surface area (Å²) < 4.78 is 10.0. The summed E-state index contributed by atoms with van der Waals surface area (Å²) in [4.78, 5) is 0. The zero-order valence-corrected chi connectivity index (χ0v) is 13.6. The Morgan fingerprint density at radius 1 is 0.682 bits per heavy atom. The van der Waals surface area contributed by atoms with Crippen LogP contribution < -0.4 is 9.47 Å². The standard InChI is InChI=1S/C12H16.C8H10O2/c1-3-7-11(8-4-1)12-9-5-2-6-10-12;1-9-7-5-3-4-6-8(7)10-2/h1,3-4,7-8,12H,2,5-6,9-10H2;3-6H,1-2H3. The molecule has 0 heterocycles. The molecule has 118 valence electrons. The van der Waals surface area contributed by atoms with Crippen LogP contribution in [0.15, 0.2) is 54.6 Å². The van der Waals surface area contributed by atoms with Gasteiger partial charge in [0, 0.05) is 0 Å². The summed E-state index contributed by atoms with van der Waals surface area (Å²) in [5, 5.41) is 0. The van der Waals surface area contributed by atoms with Crippen molar-refractivity contribution in [2.45, 2.75) is 38.0 Å². The number of hydrogen-bond acceptors (Lipinski definition) is 2. The molecule has 2 heteroatoms. The lowest BCUT2D eigenvalue weighted by Crippen LogP contribution is -2.03. The molecule has 22 heavy (non-hydrogen) atoms. The molecule has 2 nitrogen and oxygen atoms in total. The first-order chi connectivity index (χ1) is 10.8. The Hall–Kier alpha value is -1.96. The lowest BCUT2D eigenvalue weighted by Gasteiger charge is -2.21. The van der Waals surface area contributed by atoms with Crippen molar-refractivity contribution in [2.24, 2.45) is 0 Å². The smallest absolute Gasteiger partial charge is 0.160 e. The molecule has 0 unspecified atom stereocenters. The fraction of sp³-hybridized carbons (Fsp3) is 0.400. The Bertz CT molecular complexity index is 507. The lowest BCUT2D eigenvalue weighted by molar-refractivity contribution is 0.355. The molecule has 0 aliphatic heterocycles. The third kappa shape index (κ3) is 4.80. The highest BCUT2D eigenvalue weighted by Crippen LogP contribution is 2.32. The summed E-state index contributed by atoms with van der Waals surface area (Å²) in [7, 11) is 3.25. The van der Waals surface area contributed by atoms with Gasteiger partial charge in [-0.1, -0.05) is 61.7 Å². The average molecular weight is 298 g/mol. The van der Waals surface area contributed by atoms with Crippen molar-refractivity contribution >= 4 is 0 Å². The van der Waals surface area contributed by atoms with E-state index in [1.165, 1.54) is 32.1 Å². The van der Waals surface area contributed by atoms with Crippen molar-refractivity contribution in [1.82, 2.24) is 0 Å². The van der Waals surface area contributed by atoms with Crippen LogP contribution in [0, 0.1) is 0 Å². The summed E-state index contributed by atoms with van der Waals surface area (Å²) in [6, 6.07) is 18.5. The molecule has 1 saturated carbocycles. The van der Waals surface area contributed by atoms with Crippen molar-refractivity contribution in [2.75, 3.05) is 14.2 Å². The number of benzene rings is 2. The number of ether oxygens (including phenoxy) is 2. The van der Waals surface area contributed by atoms with Crippen LogP contribution in [0.5, 0.6) is 11.5 Å². The van der Waals surface area contributed by atoms with Crippen LogP contribution in [0.2, 0.25) is 0 Å². The molecular weight excluding hydrogens is 272 g/mol. The van der Waals surface area contributed by atoms with Crippen LogP contribution in [-0.2, 0) is 0 Å². The SMILES string of the molecule is COc1ccccc1OC.c1ccc(C2CCCCC2)cc1. The fourth-order valence-corrected chi connectivity index (χ4v) is 2.95. The number of para-hydroxylation sites is 2. The molecule has 1 aliphatic carbocycles. The van der Waals surface area contributed by atoms with Gasteiger partial charge in [-0.3, -0.25) is 0 Å². The van der Waals surface area contributed by atoms with Crippen LogP contribution in [-0.4, -0.2) is 14.2 Å². The minimum atomic E-state index is 0.769. The molecule has 2 aromatic carbocycles. The number of hydrogen-bond donors (Lipinski definition) is 0. The maximum absolute atomic E-state index is 5.01. The van der Waals surface area contributed by atoms with Crippen LogP contribution in [0.1, 0.15) is 43.6 Å². The van der Waals surface area contributed by atoms with E-state index in [1.54, 1.807) is 19.8 Å². The summed E-state index contributed by atoms with van der Waals surface area (Å²) in [5.41, 5.74) is 1.55. The maximum Gasteiger partial charge on any atom is 0.160 e. The Balaban J connectivity index is 0.000000164. The highest BCUT2D eigenvalue weighted by atomic mass is 16.5. The first-order valence-electron chi connectivity index (χ1n) is 8.07. The molecule has 0 N–H and O–H groups in total. The minimum absolute atomic E-state index is 0.769. The molecule has 0 bridgehead atoms. The van der Waals surface area contributed by atoms with Gasteiger partial charge in [0.05, 0.1) is 14.2 Å². The van der Waals surface area contributed by atoms with E-state index in [1.807, 2.05) is 24.3 Å². The normalized spacial score (nSPS) is 14.6. The lowest BCUT2D eigenvalue weighted by atomic mass is 9.84. The molecule has 0 saturated heterocycles. The van der Waals surface area contributed by atoms with Crippen molar-refractivity contribution in [1.29, 1.82) is 0 Å². The monoisotopic (exact) mass is 298 g/mol. The number of methoxy groups -OCH3 is 2. The van der Waals surface area contributed by atoms with Gasteiger partial charge in [-0.05, 0) is 36.5 Å².